The summed E-state index contributed by atoms with van der Waals surface area (Å²) < 4.78 is 4.86. The van der Waals surface area contributed by atoms with E-state index in [4.69, 9.17) is 9.84 Å². The average Bonchev–Trinajstić information content (AvgIpc) is 1.90. The Hall–Kier alpha value is -0.500. The maximum absolute atomic E-state index is 9.12. The van der Waals surface area contributed by atoms with Gasteiger partial charge in [-0.05, 0) is 19.4 Å². The summed E-state index contributed by atoms with van der Waals surface area (Å²) in [5.74, 6) is 0.650. The van der Waals surface area contributed by atoms with Crippen molar-refractivity contribution in [3.63, 3.8) is 0 Å². The molecule has 0 saturated carbocycles. The Morgan fingerprint density at radius 1 is 1.78 bits per heavy atom. The molecular formula is C7H14O2. The van der Waals surface area contributed by atoms with Gasteiger partial charge in [-0.3, -0.25) is 0 Å². The van der Waals surface area contributed by atoms with Crippen LogP contribution < -0.4 is 0 Å². The third-order valence-electron chi connectivity index (χ3n) is 1.24. The van der Waals surface area contributed by atoms with Crippen LogP contribution in [0.4, 0.5) is 0 Å². The van der Waals surface area contributed by atoms with Crippen LogP contribution in [0.2, 0.25) is 0 Å². The summed E-state index contributed by atoms with van der Waals surface area (Å²) in [4.78, 5) is 0. The van der Waals surface area contributed by atoms with Gasteiger partial charge in [-0.2, -0.15) is 0 Å². The van der Waals surface area contributed by atoms with E-state index < -0.39 is 6.10 Å². The van der Waals surface area contributed by atoms with Gasteiger partial charge in [0.05, 0.1) is 7.11 Å². The predicted molar refractivity (Wildman–Crippen MR) is 37.1 cm³/mol. The average molecular weight is 130 g/mol. The maximum atomic E-state index is 9.12. The zero-order valence-corrected chi connectivity index (χ0v) is 6.22. The normalized spacial score (nSPS) is 15.3. The van der Waals surface area contributed by atoms with Crippen molar-refractivity contribution in [3.8, 4) is 0 Å². The van der Waals surface area contributed by atoms with Crippen molar-refractivity contribution in [2.24, 2.45) is 0 Å². The molecule has 0 bridgehead atoms. The molecular weight excluding hydrogens is 116 g/mol. The molecule has 0 aromatic heterocycles. The van der Waals surface area contributed by atoms with Gasteiger partial charge >= 0.3 is 0 Å². The van der Waals surface area contributed by atoms with E-state index in [1.165, 1.54) is 0 Å². The third-order valence-corrected chi connectivity index (χ3v) is 1.24. The Kier molecular flexibility index (Phi) is 4.14. The zero-order chi connectivity index (χ0) is 7.28. The van der Waals surface area contributed by atoms with E-state index in [2.05, 4.69) is 0 Å². The van der Waals surface area contributed by atoms with Gasteiger partial charge in [-0.15, -0.1) is 0 Å². The third kappa shape index (κ3) is 2.51. The lowest BCUT2D eigenvalue weighted by Crippen LogP contribution is -2.09. The zero-order valence-electron chi connectivity index (χ0n) is 6.22. The first-order chi connectivity index (χ1) is 4.26. The molecule has 2 nitrogen and oxygen atoms in total. The minimum absolute atomic E-state index is 0.431. The molecule has 0 rings (SSSR count). The summed E-state index contributed by atoms with van der Waals surface area (Å²) in [6, 6.07) is 0. The minimum Gasteiger partial charge on any atom is -0.499 e. The van der Waals surface area contributed by atoms with Gasteiger partial charge < -0.3 is 9.84 Å². The molecule has 1 N–H and O–H groups in total. The molecule has 0 aliphatic carbocycles. The second-order valence-electron chi connectivity index (χ2n) is 1.82. The molecule has 0 aromatic carbocycles. The number of hydrogen-bond acceptors (Lipinski definition) is 2. The van der Waals surface area contributed by atoms with E-state index in [9.17, 15) is 0 Å². The number of allylic oxidation sites excluding steroid dienone is 1. The SMILES string of the molecule is CC=C(OC)C(O)CC. The molecule has 0 aliphatic rings. The molecule has 54 valence electrons. The van der Waals surface area contributed by atoms with Crippen LogP contribution in [0.5, 0.6) is 0 Å². The summed E-state index contributed by atoms with van der Waals surface area (Å²) in [5, 5.41) is 9.12. The predicted octanol–water partition coefficient (Wildman–Crippen LogP) is 1.31. The summed E-state index contributed by atoms with van der Waals surface area (Å²) in [5.41, 5.74) is 0. The second kappa shape index (κ2) is 4.39. The molecule has 0 aromatic rings. The van der Waals surface area contributed by atoms with Gasteiger partial charge in [0, 0.05) is 0 Å². The van der Waals surface area contributed by atoms with Crippen molar-refractivity contribution in [2.45, 2.75) is 26.4 Å². The number of rotatable bonds is 3. The molecule has 0 amide bonds. The number of hydrogen-bond donors (Lipinski definition) is 1. The number of ether oxygens (including phenoxy) is 1. The molecule has 9 heavy (non-hydrogen) atoms. The standard InChI is InChI=1S/C7H14O2/c1-4-6(8)7(5-2)9-3/h5-6,8H,4H2,1-3H3. The van der Waals surface area contributed by atoms with Crippen LogP contribution in [0.15, 0.2) is 11.8 Å². The van der Waals surface area contributed by atoms with Crippen molar-refractivity contribution in [3.05, 3.63) is 11.8 Å². The summed E-state index contributed by atoms with van der Waals surface area (Å²) in [7, 11) is 1.56. The highest BCUT2D eigenvalue weighted by Crippen LogP contribution is 2.05. The first kappa shape index (κ1) is 8.50. The van der Waals surface area contributed by atoms with Crippen LogP contribution in [0.25, 0.3) is 0 Å². The maximum Gasteiger partial charge on any atom is 0.120 e. The van der Waals surface area contributed by atoms with Crippen molar-refractivity contribution >= 4 is 0 Å². The molecule has 0 heterocycles. The Morgan fingerprint density at radius 3 is 2.44 bits per heavy atom. The van der Waals surface area contributed by atoms with Crippen molar-refractivity contribution in [2.75, 3.05) is 7.11 Å². The van der Waals surface area contributed by atoms with Gasteiger partial charge in [-0.25, -0.2) is 0 Å². The fourth-order valence-corrected chi connectivity index (χ4v) is 0.647. The Balaban J connectivity index is 3.80. The summed E-state index contributed by atoms with van der Waals surface area (Å²) in [6.07, 6.45) is 2.04. The number of aliphatic hydroxyl groups excluding tert-OH is 1. The Labute approximate surface area is 56.1 Å². The van der Waals surface area contributed by atoms with Crippen LogP contribution >= 0.6 is 0 Å². The first-order valence-corrected chi connectivity index (χ1v) is 3.14. The molecule has 0 fully saturated rings. The monoisotopic (exact) mass is 130 g/mol. The highest BCUT2D eigenvalue weighted by atomic mass is 16.5. The number of methoxy groups -OCH3 is 1. The van der Waals surface area contributed by atoms with E-state index >= 15 is 0 Å². The lowest BCUT2D eigenvalue weighted by molar-refractivity contribution is 0.125. The van der Waals surface area contributed by atoms with Crippen LogP contribution in [-0.4, -0.2) is 18.3 Å². The van der Waals surface area contributed by atoms with Crippen LogP contribution in [0.3, 0.4) is 0 Å². The summed E-state index contributed by atoms with van der Waals surface area (Å²) >= 11 is 0. The van der Waals surface area contributed by atoms with E-state index in [-0.39, 0.29) is 0 Å². The lowest BCUT2D eigenvalue weighted by atomic mass is 10.2. The van der Waals surface area contributed by atoms with Gasteiger partial charge in [0.25, 0.3) is 0 Å². The van der Waals surface area contributed by atoms with Crippen molar-refractivity contribution in [1.82, 2.24) is 0 Å². The molecule has 0 radical (unpaired) electrons. The van der Waals surface area contributed by atoms with Gasteiger partial charge in [0.15, 0.2) is 0 Å². The number of aliphatic hydroxyl groups is 1. The summed E-state index contributed by atoms with van der Waals surface area (Å²) in [6.45, 7) is 3.75. The minimum atomic E-state index is -0.431. The molecule has 0 aliphatic heterocycles. The van der Waals surface area contributed by atoms with Gasteiger partial charge in [0.1, 0.15) is 11.9 Å². The first-order valence-electron chi connectivity index (χ1n) is 3.14. The molecule has 0 spiro atoms. The topological polar surface area (TPSA) is 29.5 Å². The Morgan fingerprint density at radius 2 is 2.33 bits per heavy atom. The van der Waals surface area contributed by atoms with E-state index in [1.54, 1.807) is 13.2 Å². The fraction of sp³-hybridized carbons (Fsp3) is 0.714. The molecule has 1 unspecified atom stereocenters. The van der Waals surface area contributed by atoms with Crippen LogP contribution in [0, 0.1) is 0 Å². The second-order valence-corrected chi connectivity index (χ2v) is 1.82. The van der Waals surface area contributed by atoms with Gasteiger partial charge in [-0.1, -0.05) is 6.92 Å². The molecule has 2 heteroatoms. The molecule has 0 saturated heterocycles. The van der Waals surface area contributed by atoms with E-state index in [0.717, 1.165) is 0 Å². The smallest absolute Gasteiger partial charge is 0.120 e. The van der Waals surface area contributed by atoms with Crippen molar-refractivity contribution in [1.29, 1.82) is 0 Å². The van der Waals surface area contributed by atoms with Crippen LogP contribution in [-0.2, 0) is 4.74 Å². The van der Waals surface area contributed by atoms with E-state index in [1.807, 2.05) is 13.8 Å². The molecule has 1 atom stereocenters. The highest BCUT2D eigenvalue weighted by Gasteiger charge is 2.05. The van der Waals surface area contributed by atoms with Gasteiger partial charge in [0.2, 0.25) is 0 Å². The Bertz CT molecular complexity index is 97.1. The van der Waals surface area contributed by atoms with E-state index in [0.29, 0.717) is 12.2 Å². The van der Waals surface area contributed by atoms with Crippen LogP contribution in [0.1, 0.15) is 20.3 Å². The largest absolute Gasteiger partial charge is 0.499 e. The highest BCUT2D eigenvalue weighted by molar-refractivity contribution is 4.96. The fourth-order valence-electron chi connectivity index (χ4n) is 0.647. The lowest BCUT2D eigenvalue weighted by Gasteiger charge is -2.09. The van der Waals surface area contributed by atoms with Crippen molar-refractivity contribution < 1.29 is 9.84 Å². The quantitative estimate of drug-likeness (QED) is 0.583.